The molecule has 2 fully saturated rings. The Balaban J connectivity index is 1.34. The summed E-state index contributed by atoms with van der Waals surface area (Å²) in [5, 5.41) is 2.93. The van der Waals surface area contributed by atoms with Crippen molar-refractivity contribution in [3.05, 3.63) is 42.2 Å². The molecule has 8 heteroatoms. The average molecular weight is 409 g/mol. The SMILES string of the molecule is COC(=O)c1cccc(NC(=O)C2CCN(c3cc(N4CCCC4)ncn3)CC2)c1. The standard InChI is InChI=1S/C22H27N5O3/c1-30-22(29)17-5-4-6-18(13-17)25-21(28)16-7-11-27(12-8-16)20-14-19(23-15-24-20)26-9-2-3-10-26/h4-6,13-16H,2-3,7-12H2,1H3,(H,25,28). The van der Waals surface area contributed by atoms with Crippen LogP contribution in [0.5, 0.6) is 0 Å². The van der Waals surface area contributed by atoms with Gasteiger partial charge >= 0.3 is 5.97 Å². The summed E-state index contributed by atoms with van der Waals surface area (Å²) in [6.45, 7) is 3.65. The fraction of sp³-hybridized carbons (Fsp3) is 0.455. The van der Waals surface area contributed by atoms with Crippen LogP contribution in [0.1, 0.15) is 36.0 Å². The zero-order chi connectivity index (χ0) is 20.9. The largest absolute Gasteiger partial charge is 0.465 e. The number of anilines is 3. The molecule has 3 heterocycles. The van der Waals surface area contributed by atoms with E-state index in [4.69, 9.17) is 4.74 Å². The molecule has 2 aliphatic heterocycles. The number of ether oxygens (including phenoxy) is 1. The van der Waals surface area contributed by atoms with E-state index in [1.165, 1.54) is 20.0 Å². The third kappa shape index (κ3) is 4.53. The molecule has 0 spiro atoms. The summed E-state index contributed by atoms with van der Waals surface area (Å²) in [5.41, 5.74) is 1.03. The number of carbonyl (C=O) groups excluding carboxylic acids is 2. The van der Waals surface area contributed by atoms with E-state index in [1.54, 1.807) is 30.6 Å². The van der Waals surface area contributed by atoms with Gasteiger partial charge in [0, 0.05) is 43.9 Å². The van der Waals surface area contributed by atoms with Crippen molar-refractivity contribution in [1.82, 2.24) is 9.97 Å². The highest BCUT2D eigenvalue weighted by molar-refractivity contribution is 5.95. The Morgan fingerprint density at radius 2 is 1.67 bits per heavy atom. The molecule has 0 saturated carbocycles. The second-order valence-corrected chi connectivity index (χ2v) is 7.75. The van der Waals surface area contributed by atoms with Gasteiger partial charge in [-0.25, -0.2) is 14.8 Å². The number of methoxy groups -OCH3 is 1. The maximum Gasteiger partial charge on any atom is 0.337 e. The van der Waals surface area contributed by atoms with Gasteiger partial charge in [0.05, 0.1) is 12.7 Å². The number of piperidine rings is 1. The topological polar surface area (TPSA) is 87.7 Å². The Bertz CT molecular complexity index is 905. The lowest BCUT2D eigenvalue weighted by molar-refractivity contribution is -0.120. The van der Waals surface area contributed by atoms with E-state index in [1.807, 2.05) is 0 Å². The number of carbonyl (C=O) groups is 2. The molecule has 8 nitrogen and oxygen atoms in total. The molecule has 0 unspecified atom stereocenters. The van der Waals surface area contributed by atoms with Crippen LogP contribution in [0.2, 0.25) is 0 Å². The van der Waals surface area contributed by atoms with Crippen molar-refractivity contribution >= 4 is 29.2 Å². The van der Waals surface area contributed by atoms with Gasteiger partial charge in [-0.3, -0.25) is 4.79 Å². The zero-order valence-electron chi connectivity index (χ0n) is 17.2. The number of aromatic nitrogens is 2. The third-order valence-electron chi connectivity index (χ3n) is 5.81. The van der Waals surface area contributed by atoms with E-state index >= 15 is 0 Å². The fourth-order valence-electron chi connectivity index (χ4n) is 4.09. The van der Waals surface area contributed by atoms with Crippen LogP contribution >= 0.6 is 0 Å². The Morgan fingerprint density at radius 3 is 2.33 bits per heavy atom. The van der Waals surface area contributed by atoms with Crippen LogP contribution in [0.4, 0.5) is 17.3 Å². The van der Waals surface area contributed by atoms with Crippen molar-refractivity contribution in [3.63, 3.8) is 0 Å². The van der Waals surface area contributed by atoms with Gasteiger partial charge < -0.3 is 19.9 Å². The second kappa shape index (κ2) is 9.11. The Morgan fingerprint density at radius 1 is 1.00 bits per heavy atom. The van der Waals surface area contributed by atoms with Gasteiger partial charge in [0.1, 0.15) is 18.0 Å². The second-order valence-electron chi connectivity index (χ2n) is 7.75. The fourth-order valence-corrected chi connectivity index (χ4v) is 4.09. The molecule has 158 valence electrons. The number of hydrogen-bond donors (Lipinski definition) is 1. The number of nitrogens with zero attached hydrogens (tertiary/aromatic N) is 4. The van der Waals surface area contributed by atoms with E-state index in [0.717, 1.165) is 50.7 Å². The van der Waals surface area contributed by atoms with E-state index < -0.39 is 5.97 Å². The molecule has 1 N–H and O–H groups in total. The van der Waals surface area contributed by atoms with Crippen LogP contribution in [0.15, 0.2) is 36.7 Å². The Hall–Kier alpha value is -3.16. The van der Waals surface area contributed by atoms with Gasteiger partial charge in [0.2, 0.25) is 5.91 Å². The van der Waals surface area contributed by atoms with Crippen LogP contribution in [-0.4, -0.2) is 55.1 Å². The summed E-state index contributed by atoms with van der Waals surface area (Å²) < 4.78 is 4.74. The number of benzene rings is 1. The minimum absolute atomic E-state index is 0.0166. The van der Waals surface area contributed by atoms with Gasteiger partial charge in [0.15, 0.2) is 0 Å². The van der Waals surface area contributed by atoms with Gasteiger partial charge in [-0.05, 0) is 43.9 Å². The molecule has 2 saturated heterocycles. The molecule has 30 heavy (non-hydrogen) atoms. The minimum Gasteiger partial charge on any atom is -0.465 e. The molecule has 0 aliphatic carbocycles. The highest BCUT2D eigenvalue weighted by Gasteiger charge is 2.26. The van der Waals surface area contributed by atoms with Crippen LogP contribution in [0.25, 0.3) is 0 Å². The summed E-state index contributed by atoms with van der Waals surface area (Å²) in [7, 11) is 1.34. The van der Waals surface area contributed by atoms with Crippen LogP contribution in [0.3, 0.4) is 0 Å². The normalized spacial score (nSPS) is 17.1. The highest BCUT2D eigenvalue weighted by atomic mass is 16.5. The summed E-state index contributed by atoms with van der Waals surface area (Å²) in [6, 6.07) is 8.87. The lowest BCUT2D eigenvalue weighted by Crippen LogP contribution is -2.38. The first kappa shape index (κ1) is 20.1. The Labute approximate surface area is 176 Å². The number of hydrogen-bond acceptors (Lipinski definition) is 7. The molecule has 4 rings (SSSR count). The first-order valence-corrected chi connectivity index (χ1v) is 10.5. The highest BCUT2D eigenvalue weighted by Crippen LogP contribution is 2.26. The maximum atomic E-state index is 12.7. The van der Waals surface area contributed by atoms with E-state index in [0.29, 0.717) is 11.3 Å². The number of esters is 1. The number of amides is 1. The Kier molecular flexibility index (Phi) is 6.11. The van der Waals surface area contributed by atoms with E-state index in [2.05, 4.69) is 31.2 Å². The van der Waals surface area contributed by atoms with Crippen molar-refractivity contribution in [2.45, 2.75) is 25.7 Å². The van der Waals surface area contributed by atoms with Gasteiger partial charge in [-0.1, -0.05) is 6.07 Å². The molecular formula is C22H27N5O3. The molecular weight excluding hydrogens is 382 g/mol. The van der Waals surface area contributed by atoms with Crippen molar-refractivity contribution in [2.24, 2.45) is 5.92 Å². The summed E-state index contributed by atoms with van der Waals surface area (Å²) in [5.74, 6) is 1.41. The van der Waals surface area contributed by atoms with Crippen molar-refractivity contribution in [3.8, 4) is 0 Å². The molecule has 1 amide bonds. The molecule has 2 aromatic rings. The molecule has 1 aromatic carbocycles. The van der Waals surface area contributed by atoms with Crippen LogP contribution < -0.4 is 15.1 Å². The quantitative estimate of drug-likeness (QED) is 0.760. The number of rotatable bonds is 5. The van der Waals surface area contributed by atoms with Crippen LogP contribution in [0, 0.1) is 5.92 Å². The lowest BCUT2D eigenvalue weighted by Gasteiger charge is -2.32. The summed E-state index contributed by atoms with van der Waals surface area (Å²) in [6.07, 6.45) is 5.57. The van der Waals surface area contributed by atoms with Gasteiger partial charge in [0.25, 0.3) is 0 Å². The zero-order valence-corrected chi connectivity index (χ0v) is 17.2. The smallest absolute Gasteiger partial charge is 0.337 e. The van der Waals surface area contributed by atoms with Gasteiger partial charge in [-0.15, -0.1) is 0 Å². The first-order valence-electron chi connectivity index (χ1n) is 10.5. The molecule has 0 bridgehead atoms. The monoisotopic (exact) mass is 409 g/mol. The molecule has 1 aromatic heterocycles. The van der Waals surface area contributed by atoms with Crippen molar-refractivity contribution in [2.75, 3.05) is 48.4 Å². The predicted octanol–water partition coefficient (Wildman–Crippen LogP) is 2.72. The third-order valence-corrected chi connectivity index (χ3v) is 5.81. The molecule has 0 radical (unpaired) electrons. The van der Waals surface area contributed by atoms with Crippen molar-refractivity contribution in [1.29, 1.82) is 0 Å². The van der Waals surface area contributed by atoms with E-state index in [-0.39, 0.29) is 11.8 Å². The maximum absolute atomic E-state index is 12.7. The average Bonchev–Trinajstić information content (AvgIpc) is 3.34. The molecule has 2 aliphatic rings. The summed E-state index contributed by atoms with van der Waals surface area (Å²) in [4.78, 5) is 37.8. The van der Waals surface area contributed by atoms with E-state index in [9.17, 15) is 9.59 Å². The van der Waals surface area contributed by atoms with Gasteiger partial charge in [-0.2, -0.15) is 0 Å². The predicted molar refractivity (Wildman–Crippen MR) is 115 cm³/mol. The summed E-state index contributed by atoms with van der Waals surface area (Å²) >= 11 is 0. The lowest BCUT2D eigenvalue weighted by atomic mass is 9.95. The molecule has 0 atom stereocenters. The first-order chi connectivity index (χ1) is 14.6. The van der Waals surface area contributed by atoms with Crippen molar-refractivity contribution < 1.29 is 14.3 Å². The minimum atomic E-state index is -0.419. The van der Waals surface area contributed by atoms with Crippen LogP contribution in [-0.2, 0) is 9.53 Å². The number of nitrogens with one attached hydrogen (secondary N) is 1.